The highest BCUT2D eigenvalue weighted by molar-refractivity contribution is 5.95. The number of oxime groups is 1. The normalized spacial score (nSPS) is 17.4. The second-order valence-electron chi connectivity index (χ2n) is 4.94. The molecule has 5 nitrogen and oxygen atoms in total. The molecular formula is C14H22N4O. The van der Waals surface area contributed by atoms with E-state index in [0.29, 0.717) is 11.7 Å². The maximum Gasteiger partial charge on any atom is 0.188 e. The highest BCUT2D eigenvalue weighted by atomic mass is 16.4. The van der Waals surface area contributed by atoms with Crippen LogP contribution in [0.5, 0.6) is 0 Å². The van der Waals surface area contributed by atoms with E-state index >= 15 is 0 Å². The van der Waals surface area contributed by atoms with Gasteiger partial charge in [-0.15, -0.1) is 0 Å². The Morgan fingerprint density at radius 1 is 1.42 bits per heavy atom. The lowest BCUT2D eigenvalue weighted by Gasteiger charge is -2.34. The molecule has 5 heteroatoms. The summed E-state index contributed by atoms with van der Waals surface area (Å²) in [4.78, 5) is 6.83. The second-order valence-corrected chi connectivity index (χ2v) is 4.94. The van der Waals surface area contributed by atoms with Crippen molar-refractivity contribution in [3.05, 3.63) is 23.9 Å². The minimum Gasteiger partial charge on any atom is -0.409 e. The largest absolute Gasteiger partial charge is 0.409 e. The molecule has 0 unspecified atom stereocenters. The molecule has 0 aromatic carbocycles. The molecule has 1 heterocycles. The monoisotopic (exact) mass is 262 g/mol. The van der Waals surface area contributed by atoms with E-state index in [0.717, 1.165) is 12.4 Å². The number of hydrogen-bond donors (Lipinski definition) is 2. The van der Waals surface area contributed by atoms with Crippen LogP contribution in [0.1, 0.15) is 44.7 Å². The fourth-order valence-corrected chi connectivity index (χ4v) is 2.78. The molecular weight excluding hydrogens is 240 g/mol. The van der Waals surface area contributed by atoms with E-state index in [1.807, 2.05) is 12.1 Å². The summed E-state index contributed by atoms with van der Waals surface area (Å²) in [6.45, 7) is 3.07. The van der Waals surface area contributed by atoms with Gasteiger partial charge in [-0.05, 0) is 31.9 Å². The van der Waals surface area contributed by atoms with Crippen LogP contribution in [0.4, 0.5) is 5.82 Å². The second kappa shape index (κ2) is 6.41. The van der Waals surface area contributed by atoms with E-state index in [9.17, 15) is 0 Å². The van der Waals surface area contributed by atoms with Crippen molar-refractivity contribution < 1.29 is 5.21 Å². The fourth-order valence-electron chi connectivity index (χ4n) is 2.78. The van der Waals surface area contributed by atoms with Crippen LogP contribution in [0.15, 0.2) is 23.4 Å². The van der Waals surface area contributed by atoms with Crippen molar-refractivity contribution in [1.29, 1.82) is 0 Å². The molecule has 0 amide bonds. The number of hydrogen-bond acceptors (Lipinski definition) is 4. The molecule has 104 valence electrons. The summed E-state index contributed by atoms with van der Waals surface area (Å²) in [5.74, 6) is 0.972. The molecule has 0 spiro atoms. The lowest BCUT2D eigenvalue weighted by molar-refractivity contribution is 0.318. The Kier molecular flexibility index (Phi) is 4.60. The van der Waals surface area contributed by atoms with Gasteiger partial charge in [-0.1, -0.05) is 30.5 Å². The van der Waals surface area contributed by atoms with Crippen molar-refractivity contribution in [3.63, 3.8) is 0 Å². The Balaban J connectivity index is 2.22. The van der Waals surface area contributed by atoms with Gasteiger partial charge >= 0.3 is 0 Å². The highest BCUT2D eigenvalue weighted by Gasteiger charge is 2.21. The minimum absolute atomic E-state index is 0.0570. The van der Waals surface area contributed by atoms with Crippen molar-refractivity contribution in [1.82, 2.24) is 4.98 Å². The van der Waals surface area contributed by atoms with Crippen LogP contribution in [0.3, 0.4) is 0 Å². The van der Waals surface area contributed by atoms with Gasteiger partial charge in [0, 0.05) is 12.6 Å². The van der Waals surface area contributed by atoms with Crippen LogP contribution < -0.4 is 10.6 Å². The van der Waals surface area contributed by atoms with Crippen LogP contribution in [-0.2, 0) is 0 Å². The molecule has 1 aromatic rings. The number of nitrogens with zero attached hydrogens (tertiary/aromatic N) is 3. The lowest BCUT2D eigenvalue weighted by Crippen LogP contribution is -2.37. The van der Waals surface area contributed by atoms with E-state index in [1.165, 1.54) is 32.1 Å². The molecule has 0 aliphatic heterocycles. The summed E-state index contributed by atoms with van der Waals surface area (Å²) in [7, 11) is 0. The lowest BCUT2D eigenvalue weighted by atomic mass is 9.94. The molecule has 0 atom stereocenters. The van der Waals surface area contributed by atoms with Crippen LogP contribution >= 0.6 is 0 Å². The van der Waals surface area contributed by atoms with Crippen molar-refractivity contribution in [2.75, 3.05) is 11.4 Å². The Labute approximate surface area is 114 Å². The Morgan fingerprint density at radius 2 is 2.16 bits per heavy atom. The zero-order valence-corrected chi connectivity index (χ0v) is 11.4. The summed E-state index contributed by atoms with van der Waals surface area (Å²) < 4.78 is 0. The fraction of sp³-hybridized carbons (Fsp3) is 0.571. The molecule has 1 aromatic heterocycles. The third-order valence-corrected chi connectivity index (χ3v) is 3.75. The Hall–Kier alpha value is -1.78. The summed E-state index contributed by atoms with van der Waals surface area (Å²) in [6.07, 6.45) is 6.38. The molecule has 0 radical (unpaired) electrons. The van der Waals surface area contributed by atoms with Gasteiger partial charge < -0.3 is 15.8 Å². The molecule has 2 rings (SSSR count). The van der Waals surface area contributed by atoms with Crippen LogP contribution in [0, 0.1) is 0 Å². The first-order valence-electron chi connectivity index (χ1n) is 6.98. The summed E-state index contributed by atoms with van der Waals surface area (Å²) in [6, 6.07) is 6.22. The van der Waals surface area contributed by atoms with Gasteiger partial charge in [0.25, 0.3) is 0 Å². The zero-order chi connectivity index (χ0) is 13.7. The van der Waals surface area contributed by atoms with Gasteiger partial charge in [-0.25, -0.2) is 4.98 Å². The maximum atomic E-state index is 8.73. The number of aromatic nitrogens is 1. The first kappa shape index (κ1) is 13.6. The Bertz CT molecular complexity index is 441. The van der Waals surface area contributed by atoms with Crippen molar-refractivity contribution in [2.24, 2.45) is 10.9 Å². The van der Waals surface area contributed by atoms with Crippen LogP contribution in [-0.4, -0.2) is 28.6 Å². The summed E-state index contributed by atoms with van der Waals surface area (Å²) in [5.41, 5.74) is 6.12. The standard InChI is InChI=1S/C14H22N4O/c1-2-18(11-7-4-3-5-8-11)13-10-6-9-12(16-13)14(15)17-19/h6,9-11,19H,2-5,7-8H2,1H3,(H2,15,17). The van der Waals surface area contributed by atoms with Crippen molar-refractivity contribution >= 4 is 11.7 Å². The van der Waals surface area contributed by atoms with E-state index in [1.54, 1.807) is 6.07 Å². The SMILES string of the molecule is CCN(c1cccc(C(N)=NO)n1)C1CCCCC1. The maximum absolute atomic E-state index is 8.73. The topological polar surface area (TPSA) is 74.7 Å². The van der Waals surface area contributed by atoms with E-state index < -0.39 is 0 Å². The molecule has 0 bridgehead atoms. The van der Waals surface area contributed by atoms with Crippen LogP contribution in [0.25, 0.3) is 0 Å². The highest BCUT2D eigenvalue weighted by Crippen LogP contribution is 2.26. The number of rotatable bonds is 4. The molecule has 1 saturated carbocycles. The number of anilines is 1. The van der Waals surface area contributed by atoms with Crippen LogP contribution in [0.2, 0.25) is 0 Å². The molecule has 1 fully saturated rings. The molecule has 1 aliphatic rings. The van der Waals surface area contributed by atoms with Gasteiger partial charge in [-0.2, -0.15) is 0 Å². The molecule has 3 N–H and O–H groups in total. The van der Waals surface area contributed by atoms with Gasteiger partial charge in [0.2, 0.25) is 0 Å². The molecule has 1 aliphatic carbocycles. The van der Waals surface area contributed by atoms with E-state index in [4.69, 9.17) is 10.9 Å². The smallest absolute Gasteiger partial charge is 0.188 e. The first-order chi connectivity index (χ1) is 9.26. The Morgan fingerprint density at radius 3 is 2.79 bits per heavy atom. The summed E-state index contributed by atoms with van der Waals surface area (Å²) >= 11 is 0. The molecule has 19 heavy (non-hydrogen) atoms. The van der Waals surface area contributed by atoms with E-state index in [2.05, 4.69) is 22.0 Å². The predicted molar refractivity (Wildman–Crippen MR) is 76.6 cm³/mol. The van der Waals surface area contributed by atoms with E-state index in [-0.39, 0.29) is 5.84 Å². The number of pyridine rings is 1. The summed E-state index contributed by atoms with van der Waals surface area (Å²) in [5, 5.41) is 11.7. The quantitative estimate of drug-likeness (QED) is 0.378. The van der Waals surface area contributed by atoms with Gasteiger partial charge in [-0.3, -0.25) is 0 Å². The third-order valence-electron chi connectivity index (χ3n) is 3.75. The van der Waals surface area contributed by atoms with Gasteiger partial charge in [0.1, 0.15) is 11.5 Å². The number of nitrogens with two attached hydrogens (primary N) is 1. The first-order valence-corrected chi connectivity index (χ1v) is 6.98. The number of amidine groups is 1. The minimum atomic E-state index is 0.0570. The van der Waals surface area contributed by atoms with Gasteiger partial charge in [0.05, 0.1) is 0 Å². The average molecular weight is 262 g/mol. The predicted octanol–water partition coefficient (Wildman–Crippen LogP) is 2.34. The zero-order valence-electron chi connectivity index (χ0n) is 11.4. The van der Waals surface area contributed by atoms with Crippen molar-refractivity contribution in [3.8, 4) is 0 Å². The van der Waals surface area contributed by atoms with Crippen molar-refractivity contribution in [2.45, 2.75) is 45.1 Å². The average Bonchev–Trinajstić information content (AvgIpc) is 2.48. The van der Waals surface area contributed by atoms with Gasteiger partial charge in [0.15, 0.2) is 5.84 Å². The third kappa shape index (κ3) is 3.16. The molecule has 0 saturated heterocycles.